The van der Waals surface area contributed by atoms with Crippen molar-refractivity contribution in [3.05, 3.63) is 34.9 Å². The molecule has 4 nitrogen and oxygen atoms in total. The maximum atomic E-state index is 12.3. The van der Waals surface area contributed by atoms with Crippen LogP contribution < -0.4 is 5.73 Å². The van der Waals surface area contributed by atoms with Crippen LogP contribution in [0.2, 0.25) is 0 Å². The number of Topliss-reactive ketones (excluding diaryl/α,β-unsaturated/α-hetero) is 1. The molecule has 1 aromatic rings. The number of amides is 1. The molecule has 1 saturated heterocycles. The van der Waals surface area contributed by atoms with E-state index in [1.807, 2.05) is 17.0 Å². The summed E-state index contributed by atoms with van der Waals surface area (Å²) in [5.74, 6) is 0.743. The van der Waals surface area contributed by atoms with Gasteiger partial charge in [0.25, 0.3) is 0 Å². The molecule has 3 rings (SSSR count). The first-order valence-electron chi connectivity index (χ1n) is 8.80. The van der Waals surface area contributed by atoms with E-state index in [0.29, 0.717) is 25.3 Å². The Hall–Kier alpha value is -1.68. The van der Waals surface area contributed by atoms with Crippen molar-refractivity contribution < 1.29 is 9.59 Å². The molecule has 0 aromatic heterocycles. The minimum atomic E-state index is 0.0879. The van der Waals surface area contributed by atoms with Crippen molar-refractivity contribution >= 4 is 11.7 Å². The molecule has 1 heterocycles. The van der Waals surface area contributed by atoms with Crippen molar-refractivity contribution in [2.75, 3.05) is 19.6 Å². The first-order valence-corrected chi connectivity index (χ1v) is 8.80. The Balaban J connectivity index is 1.50. The second kappa shape index (κ2) is 7.26. The van der Waals surface area contributed by atoms with Crippen molar-refractivity contribution in [3.8, 4) is 0 Å². The molecular weight excluding hydrogens is 288 g/mol. The molecule has 1 aliphatic carbocycles. The standard InChI is InChI=1S/C19H26N2O2/c20-13-14-8-10-21(11-9-14)19(23)7-6-18(22)17-5-4-15-2-1-3-16(15)12-17/h4-5,12,14H,1-3,6-11,13,20H2. The normalized spacial score (nSPS) is 18.0. The molecule has 1 aromatic carbocycles. The molecule has 1 fully saturated rings. The molecule has 0 radical (unpaired) electrons. The molecule has 124 valence electrons. The van der Waals surface area contributed by atoms with Gasteiger partial charge in [-0.3, -0.25) is 9.59 Å². The van der Waals surface area contributed by atoms with E-state index in [4.69, 9.17) is 5.73 Å². The summed E-state index contributed by atoms with van der Waals surface area (Å²) in [6.07, 6.45) is 6.00. The summed E-state index contributed by atoms with van der Waals surface area (Å²) < 4.78 is 0. The van der Waals surface area contributed by atoms with E-state index in [9.17, 15) is 9.59 Å². The van der Waals surface area contributed by atoms with E-state index in [1.54, 1.807) is 0 Å². The van der Waals surface area contributed by atoms with Crippen LogP contribution in [0.4, 0.5) is 0 Å². The Morgan fingerprint density at radius 3 is 2.57 bits per heavy atom. The lowest BCUT2D eigenvalue weighted by Crippen LogP contribution is -2.40. The van der Waals surface area contributed by atoms with E-state index in [2.05, 4.69) is 6.07 Å². The zero-order chi connectivity index (χ0) is 16.2. The van der Waals surface area contributed by atoms with Crippen LogP contribution in [0.5, 0.6) is 0 Å². The first-order chi connectivity index (χ1) is 11.2. The molecule has 2 N–H and O–H groups in total. The predicted molar refractivity (Wildman–Crippen MR) is 90.4 cm³/mol. The van der Waals surface area contributed by atoms with Gasteiger partial charge in [-0.2, -0.15) is 0 Å². The number of ketones is 1. The van der Waals surface area contributed by atoms with Crippen LogP contribution in [0, 0.1) is 5.92 Å². The van der Waals surface area contributed by atoms with Gasteiger partial charge in [0, 0.05) is 31.5 Å². The van der Waals surface area contributed by atoms with Crippen LogP contribution in [-0.4, -0.2) is 36.2 Å². The van der Waals surface area contributed by atoms with Gasteiger partial charge in [0.2, 0.25) is 5.91 Å². The van der Waals surface area contributed by atoms with Crippen LogP contribution in [0.25, 0.3) is 0 Å². The van der Waals surface area contributed by atoms with Crippen molar-refractivity contribution in [1.82, 2.24) is 4.90 Å². The second-order valence-corrected chi connectivity index (χ2v) is 6.82. The highest BCUT2D eigenvalue weighted by atomic mass is 16.2. The summed E-state index contributed by atoms with van der Waals surface area (Å²) in [4.78, 5) is 26.5. The number of likely N-dealkylation sites (tertiary alicyclic amines) is 1. The third kappa shape index (κ3) is 3.81. The molecule has 0 unspecified atom stereocenters. The monoisotopic (exact) mass is 314 g/mol. The van der Waals surface area contributed by atoms with E-state index >= 15 is 0 Å². The summed E-state index contributed by atoms with van der Waals surface area (Å²) in [6, 6.07) is 6.03. The fourth-order valence-electron chi connectivity index (χ4n) is 3.69. The average Bonchev–Trinajstić information content (AvgIpc) is 3.07. The van der Waals surface area contributed by atoms with Crippen LogP contribution in [-0.2, 0) is 17.6 Å². The van der Waals surface area contributed by atoms with Gasteiger partial charge in [0.15, 0.2) is 5.78 Å². The number of hydrogen-bond acceptors (Lipinski definition) is 3. The second-order valence-electron chi connectivity index (χ2n) is 6.82. The van der Waals surface area contributed by atoms with Crippen LogP contribution in [0.15, 0.2) is 18.2 Å². The summed E-state index contributed by atoms with van der Waals surface area (Å²) >= 11 is 0. The quantitative estimate of drug-likeness (QED) is 0.849. The molecule has 2 aliphatic rings. The van der Waals surface area contributed by atoms with Crippen LogP contribution in [0.1, 0.15) is 53.6 Å². The number of nitrogens with zero attached hydrogens (tertiary/aromatic N) is 1. The molecule has 1 amide bonds. The lowest BCUT2D eigenvalue weighted by atomic mass is 9.96. The summed E-state index contributed by atoms with van der Waals surface area (Å²) in [5.41, 5.74) is 9.13. The summed E-state index contributed by atoms with van der Waals surface area (Å²) in [5, 5.41) is 0. The Morgan fingerprint density at radius 2 is 1.83 bits per heavy atom. The fraction of sp³-hybridized carbons (Fsp3) is 0.579. The van der Waals surface area contributed by atoms with Gasteiger partial charge in [-0.25, -0.2) is 0 Å². The van der Waals surface area contributed by atoms with Gasteiger partial charge in [0.1, 0.15) is 0 Å². The van der Waals surface area contributed by atoms with Gasteiger partial charge >= 0.3 is 0 Å². The molecule has 1 aliphatic heterocycles. The summed E-state index contributed by atoms with van der Waals surface area (Å²) in [7, 11) is 0. The molecule has 0 atom stereocenters. The average molecular weight is 314 g/mol. The number of piperidine rings is 1. The Labute approximate surface area is 138 Å². The third-order valence-electron chi connectivity index (χ3n) is 5.29. The van der Waals surface area contributed by atoms with Crippen LogP contribution >= 0.6 is 0 Å². The van der Waals surface area contributed by atoms with E-state index in [-0.39, 0.29) is 11.7 Å². The summed E-state index contributed by atoms with van der Waals surface area (Å²) in [6.45, 7) is 2.28. The first kappa shape index (κ1) is 16.2. The molecule has 23 heavy (non-hydrogen) atoms. The number of rotatable bonds is 5. The molecule has 0 saturated carbocycles. The Kier molecular flexibility index (Phi) is 5.11. The highest BCUT2D eigenvalue weighted by Crippen LogP contribution is 2.24. The van der Waals surface area contributed by atoms with E-state index in [1.165, 1.54) is 17.5 Å². The molecule has 0 bridgehead atoms. The minimum absolute atomic E-state index is 0.0879. The zero-order valence-corrected chi connectivity index (χ0v) is 13.7. The number of nitrogens with two attached hydrogens (primary N) is 1. The van der Waals surface area contributed by atoms with Crippen LogP contribution in [0.3, 0.4) is 0 Å². The minimum Gasteiger partial charge on any atom is -0.343 e. The van der Waals surface area contributed by atoms with Gasteiger partial charge in [-0.05, 0) is 61.8 Å². The predicted octanol–water partition coefficient (Wildman–Crippen LogP) is 2.34. The smallest absolute Gasteiger partial charge is 0.223 e. The topological polar surface area (TPSA) is 63.4 Å². The van der Waals surface area contributed by atoms with E-state index in [0.717, 1.165) is 44.3 Å². The lowest BCUT2D eigenvalue weighted by molar-refractivity contribution is -0.132. The molecule has 4 heteroatoms. The van der Waals surface area contributed by atoms with Gasteiger partial charge < -0.3 is 10.6 Å². The van der Waals surface area contributed by atoms with Crippen molar-refractivity contribution in [2.45, 2.75) is 44.9 Å². The number of fused-ring (bicyclic) bond motifs is 1. The number of benzene rings is 1. The van der Waals surface area contributed by atoms with Crippen molar-refractivity contribution in [1.29, 1.82) is 0 Å². The Bertz CT molecular complexity index is 589. The maximum absolute atomic E-state index is 12.3. The molecule has 0 spiro atoms. The van der Waals surface area contributed by atoms with Gasteiger partial charge in [-0.15, -0.1) is 0 Å². The lowest BCUT2D eigenvalue weighted by Gasteiger charge is -2.31. The highest BCUT2D eigenvalue weighted by molar-refractivity contribution is 5.98. The Morgan fingerprint density at radius 1 is 1.09 bits per heavy atom. The number of carbonyl (C=O) groups excluding carboxylic acids is 2. The van der Waals surface area contributed by atoms with Gasteiger partial charge in [0.05, 0.1) is 0 Å². The highest BCUT2D eigenvalue weighted by Gasteiger charge is 2.22. The number of aryl methyl sites for hydroxylation is 2. The fourth-order valence-corrected chi connectivity index (χ4v) is 3.69. The van der Waals surface area contributed by atoms with Crippen molar-refractivity contribution in [2.24, 2.45) is 11.7 Å². The number of hydrogen-bond donors (Lipinski definition) is 1. The van der Waals surface area contributed by atoms with Crippen molar-refractivity contribution in [3.63, 3.8) is 0 Å². The zero-order valence-electron chi connectivity index (χ0n) is 13.7. The van der Waals surface area contributed by atoms with Gasteiger partial charge in [-0.1, -0.05) is 12.1 Å². The third-order valence-corrected chi connectivity index (χ3v) is 5.29. The largest absolute Gasteiger partial charge is 0.343 e. The molecular formula is C19H26N2O2. The van der Waals surface area contributed by atoms with E-state index < -0.39 is 0 Å². The maximum Gasteiger partial charge on any atom is 0.223 e. The number of carbonyl (C=O) groups is 2. The SMILES string of the molecule is NCC1CCN(C(=O)CCC(=O)c2ccc3c(c2)CCC3)CC1.